The number of phenolic OH excluding ortho intramolecular Hbond substituents is 1. The number of esters is 1. The standard InChI is InChI=1S/C24H28N2O4/c1-23(2,3)22(29)24(4,5)14-30-21(28)15-11-12-16(19(27)13-15)20-25-17-9-7-8-10-18(17)26(20)6/h7-13,27H,14H2,1-6H3. The fourth-order valence-electron chi connectivity index (χ4n) is 3.64. The molecule has 2 aromatic carbocycles. The maximum absolute atomic E-state index is 12.6. The Morgan fingerprint density at radius 2 is 1.73 bits per heavy atom. The molecule has 0 bridgehead atoms. The molecular formula is C24H28N2O4. The molecule has 6 nitrogen and oxygen atoms in total. The van der Waals surface area contributed by atoms with E-state index in [1.165, 1.54) is 6.07 Å². The van der Waals surface area contributed by atoms with Crippen LogP contribution in [0.2, 0.25) is 0 Å². The summed E-state index contributed by atoms with van der Waals surface area (Å²) in [5.74, 6) is -0.0297. The molecule has 0 aliphatic rings. The van der Waals surface area contributed by atoms with E-state index >= 15 is 0 Å². The van der Waals surface area contributed by atoms with Crippen molar-refractivity contribution in [3.63, 3.8) is 0 Å². The van der Waals surface area contributed by atoms with E-state index in [1.54, 1.807) is 26.0 Å². The minimum absolute atomic E-state index is 0.0165. The normalized spacial score (nSPS) is 12.2. The van der Waals surface area contributed by atoms with Crippen molar-refractivity contribution in [2.45, 2.75) is 34.6 Å². The van der Waals surface area contributed by atoms with E-state index in [0.29, 0.717) is 11.4 Å². The summed E-state index contributed by atoms with van der Waals surface area (Å²) in [5, 5.41) is 10.6. The number of carbonyl (C=O) groups is 2. The number of hydrogen-bond donors (Lipinski definition) is 1. The topological polar surface area (TPSA) is 81.4 Å². The van der Waals surface area contributed by atoms with Gasteiger partial charge in [-0.25, -0.2) is 9.78 Å². The van der Waals surface area contributed by atoms with Gasteiger partial charge in [-0.05, 0) is 44.2 Å². The van der Waals surface area contributed by atoms with E-state index in [0.717, 1.165) is 11.0 Å². The zero-order valence-corrected chi connectivity index (χ0v) is 18.3. The maximum atomic E-state index is 12.6. The molecule has 6 heteroatoms. The number of aromatic nitrogens is 2. The number of ketones is 1. The summed E-state index contributed by atoms with van der Waals surface area (Å²) in [7, 11) is 1.88. The molecule has 0 saturated heterocycles. The van der Waals surface area contributed by atoms with Gasteiger partial charge in [0.25, 0.3) is 0 Å². The highest BCUT2D eigenvalue weighted by Crippen LogP contribution is 2.32. The molecule has 158 valence electrons. The lowest BCUT2D eigenvalue weighted by Gasteiger charge is -2.30. The molecule has 0 atom stereocenters. The van der Waals surface area contributed by atoms with Crippen LogP contribution in [0.5, 0.6) is 5.75 Å². The smallest absolute Gasteiger partial charge is 0.338 e. The second-order valence-corrected chi connectivity index (χ2v) is 9.25. The Labute approximate surface area is 176 Å². The average Bonchev–Trinajstić information content (AvgIpc) is 3.01. The summed E-state index contributed by atoms with van der Waals surface area (Å²) >= 11 is 0. The third-order valence-corrected chi connectivity index (χ3v) is 5.12. The molecular weight excluding hydrogens is 380 g/mol. The summed E-state index contributed by atoms with van der Waals surface area (Å²) in [5.41, 5.74) is 1.18. The molecule has 0 fully saturated rings. The van der Waals surface area contributed by atoms with Crippen molar-refractivity contribution in [2.24, 2.45) is 17.9 Å². The Morgan fingerprint density at radius 3 is 2.33 bits per heavy atom. The lowest BCUT2D eigenvalue weighted by molar-refractivity contribution is -0.137. The van der Waals surface area contributed by atoms with Gasteiger partial charge < -0.3 is 14.4 Å². The SMILES string of the molecule is Cn1c(-c2ccc(C(=O)OCC(C)(C)C(=O)C(C)(C)C)cc2O)nc2ccccc21. The number of benzene rings is 2. The summed E-state index contributed by atoms with van der Waals surface area (Å²) in [4.78, 5) is 29.6. The Bertz CT molecular complexity index is 1120. The zero-order chi connectivity index (χ0) is 22.3. The van der Waals surface area contributed by atoms with Crippen LogP contribution < -0.4 is 0 Å². The van der Waals surface area contributed by atoms with Gasteiger partial charge in [0.15, 0.2) is 0 Å². The third-order valence-electron chi connectivity index (χ3n) is 5.12. The highest BCUT2D eigenvalue weighted by molar-refractivity contribution is 5.92. The van der Waals surface area contributed by atoms with Crippen molar-refractivity contribution in [3.05, 3.63) is 48.0 Å². The molecule has 30 heavy (non-hydrogen) atoms. The number of para-hydroxylation sites is 2. The van der Waals surface area contributed by atoms with Gasteiger partial charge in [-0.1, -0.05) is 32.9 Å². The molecule has 1 N–H and O–H groups in total. The first-order valence-corrected chi connectivity index (χ1v) is 9.89. The van der Waals surface area contributed by atoms with Crippen LogP contribution in [0.1, 0.15) is 45.0 Å². The molecule has 0 aliphatic heterocycles. The van der Waals surface area contributed by atoms with E-state index in [2.05, 4.69) is 4.98 Å². The largest absolute Gasteiger partial charge is 0.507 e. The number of hydrogen-bond acceptors (Lipinski definition) is 5. The van der Waals surface area contributed by atoms with Gasteiger partial charge in [0.2, 0.25) is 0 Å². The number of aromatic hydroxyl groups is 1. The molecule has 0 aliphatic carbocycles. The number of fused-ring (bicyclic) bond motifs is 1. The van der Waals surface area contributed by atoms with Crippen LogP contribution in [0.15, 0.2) is 42.5 Å². The summed E-state index contributed by atoms with van der Waals surface area (Å²) in [6.45, 7) is 9.03. The number of ether oxygens (including phenoxy) is 1. The quantitative estimate of drug-likeness (QED) is 0.617. The lowest BCUT2D eigenvalue weighted by atomic mass is 9.75. The summed E-state index contributed by atoms with van der Waals surface area (Å²) in [6, 6.07) is 12.3. The van der Waals surface area contributed by atoms with Gasteiger partial charge in [-0.2, -0.15) is 0 Å². The van der Waals surface area contributed by atoms with Crippen molar-refractivity contribution < 1.29 is 19.4 Å². The predicted octanol–water partition coefficient (Wildman–Crippen LogP) is 4.74. The van der Waals surface area contributed by atoms with E-state index in [4.69, 9.17) is 4.74 Å². The fraction of sp³-hybridized carbons (Fsp3) is 0.375. The van der Waals surface area contributed by atoms with Gasteiger partial charge >= 0.3 is 5.97 Å². The number of aryl methyl sites for hydroxylation is 1. The molecule has 0 unspecified atom stereocenters. The molecule has 0 radical (unpaired) electrons. The number of imidazole rings is 1. The molecule has 0 saturated carbocycles. The van der Waals surface area contributed by atoms with Gasteiger partial charge in [-0.15, -0.1) is 0 Å². The molecule has 1 heterocycles. The monoisotopic (exact) mass is 408 g/mol. The van der Waals surface area contributed by atoms with E-state index in [9.17, 15) is 14.7 Å². The van der Waals surface area contributed by atoms with Crippen LogP contribution >= 0.6 is 0 Å². The first kappa shape index (κ1) is 21.6. The summed E-state index contributed by atoms with van der Waals surface area (Å²) in [6.07, 6.45) is 0. The second-order valence-electron chi connectivity index (χ2n) is 9.25. The summed E-state index contributed by atoms with van der Waals surface area (Å²) < 4.78 is 7.28. The minimum Gasteiger partial charge on any atom is -0.507 e. The van der Waals surface area contributed by atoms with Crippen LogP contribution in [0.3, 0.4) is 0 Å². The van der Waals surface area contributed by atoms with Crippen molar-refractivity contribution in [2.75, 3.05) is 6.61 Å². The third kappa shape index (κ3) is 4.08. The van der Waals surface area contributed by atoms with E-state index < -0.39 is 16.8 Å². The van der Waals surface area contributed by atoms with Crippen LogP contribution in [0, 0.1) is 10.8 Å². The molecule has 3 aromatic rings. The van der Waals surface area contributed by atoms with Crippen molar-refractivity contribution >= 4 is 22.8 Å². The average molecular weight is 408 g/mol. The van der Waals surface area contributed by atoms with Gasteiger partial charge in [0, 0.05) is 12.5 Å². The fourth-order valence-corrected chi connectivity index (χ4v) is 3.64. The van der Waals surface area contributed by atoms with Crippen LogP contribution in [0.4, 0.5) is 0 Å². The maximum Gasteiger partial charge on any atom is 0.338 e. The van der Waals surface area contributed by atoms with E-state index in [1.807, 2.05) is 56.7 Å². The van der Waals surface area contributed by atoms with Gasteiger partial charge in [-0.3, -0.25) is 4.79 Å². The number of rotatable bonds is 5. The van der Waals surface area contributed by atoms with Crippen molar-refractivity contribution in [3.8, 4) is 17.1 Å². The molecule has 0 spiro atoms. The first-order chi connectivity index (χ1) is 13.9. The van der Waals surface area contributed by atoms with Crippen molar-refractivity contribution in [1.29, 1.82) is 0 Å². The highest BCUT2D eigenvalue weighted by Gasteiger charge is 2.37. The number of carbonyl (C=O) groups excluding carboxylic acids is 2. The van der Waals surface area contributed by atoms with E-state index in [-0.39, 0.29) is 23.7 Å². The molecule has 3 rings (SSSR count). The molecule has 0 amide bonds. The number of Topliss-reactive ketones (excluding diaryl/α,β-unsaturated/α-hetero) is 1. The second kappa shape index (κ2) is 7.59. The Balaban J connectivity index is 1.80. The first-order valence-electron chi connectivity index (χ1n) is 9.89. The Hall–Kier alpha value is -3.15. The van der Waals surface area contributed by atoms with Crippen LogP contribution in [-0.2, 0) is 16.6 Å². The van der Waals surface area contributed by atoms with Crippen LogP contribution in [0.25, 0.3) is 22.4 Å². The zero-order valence-electron chi connectivity index (χ0n) is 18.3. The van der Waals surface area contributed by atoms with Crippen LogP contribution in [-0.4, -0.2) is 33.0 Å². The Morgan fingerprint density at radius 1 is 1.07 bits per heavy atom. The minimum atomic E-state index is -0.803. The van der Waals surface area contributed by atoms with Gasteiger partial charge in [0.1, 0.15) is 24.0 Å². The highest BCUT2D eigenvalue weighted by atomic mass is 16.5. The Kier molecular flexibility index (Phi) is 5.46. The predicted molar refractivity (Wildman–Crippen MR) is 116 cm³/mol. The van der Waals surface area contributed by atoms with Gasteiger partial charge in [0.05, 0.1) is 27.6 Å². The van der Waals surface area contributed by atoms with Crippen molar-refractivity contribution in [1.82, 2.24) is 9.55 Å². The number of nitrogens with zero attached hydrogens (tertiary/aromatic N) is 2. The molecule has 1 aromatic heterocycles. The number of phenols is 1. The lowest BCUT2D eigenvalue weighted by Crippen LogP contribution is -2.38.